The Morgan fingerprint density at radius 2 is 1.90 bits per heavy atom. The first-order valence-electron chi connectivity index (χ1n) is 8.94. The third-order valence-electron chi connectivity index (χ3n) is 5.86. The van der Waals surface area contributed by atoms with Crippen molar-refractivity contribution in [1.82, 2.24) is 15.1 Å². The van der Waals surface area contributed by atoms with Crippen LogP contribution >= 0.6 is 0 Å². The van der Waals surface area contributed by atoms with Crippen LogP contribution in [0.15, 0.2) is 0 Å². The summed E-state index contributed by atoms with van der Waals surface area (Å²) in [7, 11) is 0. The lowest BCUT2D eigenvalue weighted by Crippen LogP contribution is -2.50. The second kappa shape index (κ2) is 5.88. The molecule has 1 spiro atoms. The largest absolute Gasteiger partial charge is 0.321 e. The zero-order valence-corrected chi connectivity index (χ0v) is 13.9. The molecule has 1 amide bonds. The molecule has 2 unspecified atom stereocenters. The van der Waals surface area contributed by atoms with E-state index in [1.54, 1.807) is 0 Å². The van der Waals surface area contributed by atoms with Crippen molar-refractivity contribution < 1.29 is 4.79 Å². The standard InChI is InChI=1S/C17H31N3O/c1-4-19(5-2)12-13(3)20-15(14-8-6-7-9-14)18-17(10-11-17)16(20)21/h13-15,18H,4-12H2,1-3H3. The van der Waals surface area contributed by atoms with Crippen LogP contribution in [0.25, 0.3) is 0 Å². The number of likely N-dealkylation sites (N-methyl/N-ethyl adjacent to an activating group) is 1. The van der Waals surface area contributed by atoms with Crippen LogP contribution in [0.3, 0.4) is 0 Å². The van der Waals surface area contributed by atoms with Gasteiger partial charge in [-0.1, -0.05) is 26.7 Å². The molecule has 3 fully saturated rings. The molecule has 1 aliphatic heterocycles. The van der Waals surface area contributed by atoms with E-state index in [9.17, 15) is 4.79 Å². The third kappa shape index (κ3) is 2.72. The van der Waals surface area contributed by atoms with Gasteiger partial charge in [0.05, 0.1) is 11.7 Å². The van der Waals surface area contributed by atoms with E-state index >= 15 is 0 Å². The fraction of sp³-hybridized carbons (Fsp3) is 0.941. The van der Waals surface area contributed by atoms with Crippen molar-refractivity contribution in [2.75, 3.05) is 19.6 Å². The van der Waals surface area contributed by atoms with Crippen LogP contribution in [0.1, 0.15) is 59.3 Å². The number of nitrogens with one attached hydrogen (secondary N) is 1. The van der Waals surface area contributed by atoms with Gasteiger partial charge in [0.1, 0.15) is 0 Å². The Morgan fingerprint density at radius 1 is 1.29 bits per heavy atom. The summed E-state index contributed by atoms with van der Waals surface area (Å²) in [6, 6.07) is 0.315. The predicted octanol–water partition coefficient (Wildman–Crippen LogP) is 2.20. The summed E-state index contributed by atoms with van der Waals surface area (Å²) in [5.41, 5.74) is -0.162. The molecule has 2 aliphatic carbocycles. The summed E-state index contributed by atoms with van der Waals surface area (Å²) >= 11 is 0. The highest BCUT2D eigenvalue weighted by molar-refractivity contribution is 5.92. The summed E-state index contributed by atoms with van der Waals surface area (Å²) < 4.78 is 0. The highest BCUT2D eigenvalue weighted by Gasteiger charge is 2.61. The molecular formula is C17H31N3O. The Hall–Kier alpha value is -0.610. The molecule has 4 nitrogen and oxygen atoms in total. The predicted molar refractivity (Wildman–Crippen MR) is 84.9 cm³/mol. The van der Waals surface area contributed by atoms with Gasteiger partial charge < -0.3 is 9.80 Å². The van der Waals surface area contributed by atoms with E-state index in [0.717, 1.165) is 32.5 Å². The number of nitrogens with zero attached hydrogens (tertiary/aromatic N) is 2. The van der Waals surface area contributed by atoms with Gasteiger partial charge in [0, 0.05) is 12.6 Å². The Bertz CT molecular complexity index is 383. The molecule has 3 rings (SSSR count). The summed E-state index contributed by atoms with van der Waals surface area (Å²) in [6.07, 6.45) is 7.64. The number of hydrogen-bond donors (Lipinski definition) is 1. The Labute approximate surface area is 129 Å². The molecule has 1 saturated heterocycles. The van der Waals surface area contributed by atoms with Gasteiger partial charge in [-0.25, -0.2) is 0 Å². The quantitative estimate of drug-likeness (QED) is 0.815. The molecule has 0 bridgehead atoms. The molecule has 3 aliphatic rings. The molecule has 1 N–H and O–H groups in total. The average molecular weight is 293 g/mol. The molecule has 1 heterocycles. The molecular weight excluding hydrogens is 262 g/mol. The van der Waals surface area contributed by atoms with Gasteiger partial charge in [0.2, 0.25) is 5.91 Å². The van der Waals surface area contributed by atoms with Crippen molar-refractivity contribution in [2.24, 2.45) is 5.92 Å². The molecule has 2 atom stereocenters. The maximum atomic E-state index is 12.9. The fourth-order valence-corrected chi connectivity index (χ4v) is 4.31. The molecule has 4 heteroatoms. The summed E-state index contributed by atoms with van der Waals surface area (Å²) in [4.78, 5) is 17.6. The van der Waals surface area contributed by atoms with Crippen molar-refractivity contribution in [3.05, 3.63) is 0 Å². The summed E-state index contributed by atoms with van der Waals surface area (Å²) in [5, 5.41) is 3.73. The molecule has 0 aromatic heterocycles. The van der Waals surface area contributed by atoms with Crippen LogP contribution in [-0.2, 0) is 4.79 Å². The normalized spacial score (nSPS) is 29.8. The maximum Gasteiger partial charge on any atom is 0.244 e. The lowest BCUT2D eigenvalue weighted by atomic mass is 10.0. The second-order valence-corrected chi connectivity index (χ2v) is 7.26. The van der Waals surface area contributed by atoms with Gasteiger partial charge in [-0.15, -0.1) is 0 Å². The molecule has 2 saturated carbocycles. The van der Waals surface area contributed by atoms with Crippen molar-refractivity contribution in [1.29, 1.82) is 0 Å². The second-order valence-electron chi connectivity index (χ2n) is 7.26. The van der Waals surface area contributed by atoms with Crippen LogP contribution in [-0.4, -0.2) is 53.1 Å². The van der Waals surface area contributed by atoms with E-state index in [4.69, 9.17) is 0 Å². The minimum atomic E-state index is -0.162. The van der Waals surface area contributed by atoms with Crippen LogP contribution in [0, 0.1) is 5.92 Å². The molecule has 0 aromatic carbocycles. The summed E-state index contributed by atoms with van der Waals surface area (Å²) in [6.45, 7) is 9.78. The minimum Gasteiger partial charge on any atom is -0.321 e. The molecule has 21 heavy (non-hydrogen) atoms. The smallest absolute Gasteiger partial charge is 0.244 e. The topological polar surface area (TPSA) is 35.6 Å². The van der Waals surface area contributed by atoms with Gasteiger partial charge in [-0.05, 0) is 51.6 Å². The number of hydrogen-bond acceptors (Lipinski definition) is 3. The minimum absolute atomic E-state index is 0.162. The van der Waals surface area contributed by atoms with Crippen LogP contribution in [0.4, 0.5) is 0 Å². The zero-order valence-electron chi connectivity index (χ0n) is 13.9. The summed E-state index contributed by atoms with van der Waals surface area (Å²) in [5.74, 6) is 1.06. The zero-order chi connectivity index (χ0) is 15.0. The van der Waals surface area contributed by atoms with Gasteiger partial charge >= 0.3 is 0 Å². The highest BCUT2D eigenvalue weighted by atomic mass is 16.2. The first-order chi connectivity index (χ1) is 10.1. The lowest BCUT2D eigenvalue weighted by Gasteiger charge is -2.36. The van der Waals surface area contributed by atoms with Crippen molar-refractivity contribution in [3.63, 3.8) is 0 Å². The lowest BCUT2D eigenvalue weighted by molar-refractivity contribution is -0.133. The van der Waals surface area contributed by atoms with E-state index < -0.39 is 0 Å². The number of carbonyl (C=O) groups is 1. The fourth-order valence-electron chi connectivity index (χ4n) is 4.31. The monoisotopic (exact) mass is 293 g/mol. The molecule has 0 radical (unpaired) electrons. The Morgan fingerprint density at radius 3 is 2.43 bits per heavy atom. The highest BCUT2D eigenvalue weighted by Crippen LogP contribution is 2.46. The van der Waals surface area contributed by atoms with Crippen LogP contribution in [0.2, 0.25) is 0 Å². The van der Waals surface area contributed by atoms with E-state index in [0.29, 0.717) is 24.0 Å². The first-order valence-corrected chi connectivity index (χ1v) is 8.94. The van der Waals surface area contributed by atoms with Crippen molar-refractivity contribution in [2.45, 2.75) is 77.0 Å². The van der Waals surface area contributed by atoms with Crippen LogP contribution in [0.5, 0.6) is 0 Å². The van der Waals surface area contributed by atoms with E-state index in [-0.39, 0.29) is 5.54 Å². The van der Waals surface area contributed by atoms with Gasteiger partial charge in [-0.2, -0.15) is 0 Å². The molecule has 0 aromatic rings. The third-order valence-corrected chi connectivity index (χ3v) is 5.86. The van der Waals surface area contributed by atoms with Crippen LogP contribution < -0.4 is 5.32 Å². The Kier molecular flexibility index (Phi) is 4.28. The van der Waals surface area contributed by atoms with Gasteiger partial charge in [0.15, 0.2) is 0 Å². The maximum absolute atomic E-state index is 12.9. The SMILES string of the molecule is CCN(CC)CC(C)N1C(=O)C2(CC2)NC1C1CCCC1. The van der Waals surface area contributed by atoms with E-state index in [1.165, 1.54) is 25.7 Å². The molecule has 120 valence electrons. The van der Waals surface area contributed by atoms with Gasteiger partial charge in [-0.3, -0.25) is 10.1 Å². The van der Waals surface area contributed by atoms with Crippen molar-refractivity contribution in [3.8, 4) is 0 Å². The number of rotatable bonds is 6. The van der Waals surface area contributed by atoms with E-state index in [2.05, 4.69) is 35.9 Å². The average Bonchev–Trinajstić information content (AvgIpc) is 2.95. The van der Waals surface area contributed by atoms with E-state index in [1.807, 2.05) is 0 Å². The Balaban J connectivity index is 1.74. The number of amides is 1. The number of carbonyl (C=O) groups excluding carboxylic acids is 1. The van der Waals surface area contributed by atoms with Gasteiger partial charge in [0.25, 0.3) is 0 Å². The first kappa shape index (κ1) is 15.3. The van der Waals surface area contributed by atoms with Crippen molar-refractivity contribution >= 4 is 5.91 Å².